The van der Waals surface area contributed by atoms with Crippen molar-refractivity contribution in [3.8, 4) is 0 Å². The number of nitrogens with zero attached hydrogens (tertiary/aromatic N) is 1. The maximum Gasteiger partial charge on any atom is 0.305 e. The van der Waals surface area contributed by atoms with Crippen molar-refractivity contribution < 1.29 is 9.90 Å². The van der Waals surface area contributed by atoms with Gasteiger partial charge in [-0.05, 0) is 31.8 Å². The monoisotopic (exact) mass is 241 g/mol. The first-order chi connectivity index (χ1) is 8.10. The second-order valence-electron chi connectivity index (χ2n) is 5.20. The van der Waals surface area contributed by atoms with Crippen LogP contribution in [0.15, 0.2) is 0 Å². The zero-order chi connectivity index (χ0) is 12.9. The molecule has 0 aliphatic heterocycles. The third-order valence-corrected chi connectivity index (χ3v) is 4.52. The highest BCUT2D eigenvalue weighted by atomic mass is 16.4. The van der Waals surface area contributed by atoms with E-state index < -0.39 is 5.97 Å². The summed E-state index contributed by atoms with van der Waals surface area (Å²) in [6, 6.07) is 0. The molecule has 0 saturated heterocycles. The van der Waals surface area contributed by atoms with Crippen LogP contribution in [0.2, 0.25) is 0 Å². The van der Waals surface area contributed by atoms with E-state index in [0.29, 0.717) is 12.3 Å². The SMILES string of the molecule is CCC1CCCCC1(CC(=O)O)N(CC)CC. The Balaban J connectivity index is 2.99. The predicted octanol–water partition coefficient (Wildman–Crippen LogP) is 3.14. The molecule has 2 unspecified atom stereocenters. The van der Waals surface area contributed by atoms with Gasteiger partial charge >= 0.3 is 5.97 Å². The molecule has 100 valence electrons. The fourth-order valence-corrected chi connectivity index (χ4v) is 3.75. The number of hydrogen-bond acceptors (Lipinski definition) is 2. The Hall–Kier alpha value is -0.570. The van der Waals surface area contributed by atoms with Gasteiger partial charge in [0.05, 0.1) is 6.42 Å². The van der Waals surface area contributed by atoms with E-state index >= 15 is 0 Å². The highest BCUT2D eigenvalue weighted by Gasteiger charge is 2.44. The molecule has 2 atom stereocenters. The minimum Gasteiger partial charge on any atom is -0.481 e. The Kier molecular flexibility index (Phi) is 5.44. The van der Waals surface area contributed by atoms with Crippen molar-refractivity contribution in [3.63, 3.8) is 0 Å². The smallest absolute Gasteiger partial charge is 0.305 e. The lowest BCUT2D eigenvalue weighted by Crippen LogP contribution is -2.56. The molecule has 1 rings (SSSR count). The molecule has 0 aromatic heterocycles. The Bertz CT molecular complexity index is 241. The molecular weight excluding hydrogens is 214 g/mol. The number of aliphatic carboxylic acids is 1. The summed E-state index contributed by atoms with van der Waals surface area (Å²) in [4.78, 5) is 13.6. The van der Waals surface area contributed by atoms with E-state index in [0.717, 1.165) is 25.9 Å². The molecular formula is C14H27NO2. The van der Waals surface area contributed by atoms with Gasteiger partial charge in [0.25, 0.3) is 0 Å². The second-order valence-corrected chi connectivity index (χ2v) is 5.20. The molecule has 0 aromatic carbocycles. The lowest BCUT2D eigenvalue weighted by Gasteiger charge is -2.50. The normalized spacial score (nSPS) is 29.5. The largest absolute Gasteiger partial charge is 0.481 e. The zero-order valence-electron chi connectivity index (χ0n) is 11.5. The maximum atomic E-state index is 11.2. The first-order valence-electron chi connectivity index (χ1n) is 7.07. The number of hydrogen-bond donors (Lipinski definition) is 1. The molecule has 1 aliphatic rings. The van der Waals surface area contributed by atoms with Crippen molar-refractivity contribution in [2.45, 2.75) is 64.8 Å². The van der Waals surface area contributed by atoms with Crippen molar-refractivity contribution in [1.29, 1.82) is 0 Å². The fraction of sp³-hybridized carbons (Fsp3) is 0.929. The second kappa shape index (κ2) is 6.39. The van der Waals surface area contributed by atoms with Crippen LogP contribution in [0.3, 0.4) is 0 Å². The van der Waals surface area contributed by atoms with Crippen LogP contribution in [-0.4, -0.2) is 34.6 Å². The molecule has 0 heterocycles. The fourth-order valence-electron chi connectivity index (χ4n) is 3.75. The van der Waals surface area contributed by atoms with Crippen LogP contribution in [0.25, 0.3) is 0 Å². The van der Waals surface area contributed by atoms with Gasteiger partial charge in [0.15, 0.2) is 0 Å². The highest BCUT2D eigenvalue weighted by Crippen LogP contribution is 2.42. The molecule has 3 heteroatoms. The Labute approximate surface area is 105 Å². The molecule has 0 spiro atoms. The highest BCUT2D eigenvalue weighted by molar-refractivity contribution is 5.68. The molecule has 3 nitrogen and oxygen atoms in total. The summed E-state index contributed by atoms with van der Waals surface area (Å²) in [6.07, 6.45) is 6.11. The molecule has 1 N–H and O–H groups in total. The van der Waals surface area contributed by atoms with Gasteiger partial charge in [-0.2, -0.15) is 0 Å². The van der Waals surface area contributed by atoms with E-state index in [-0.39, 0.29) is 5.54 Å². The lowest BCUT2D eigenvalue weighted by atomic mass is 9.68. The zero-order valence-corrected chi connectivity index (χ0v) is 11.5. The van der Waals surface area contributed by atoms with Crippen LogP contribution in [0, 0.1) is 5.92 Å². The standard InChI is InChI=1S/C14H27NO2/c1-4-12-9-7-8-10-14(12,11-13(16)17)15(5-2)6-3/h12H,4-11H2,1-3H3,(H,16,17). The van der Waals surface area contributed by atoms with Gasteiger partial charge < -0.3 is 5.11 Å². The summed E-state index contributed by atoms with van der Waals surface area (Å²) < 4.78 is 0. The average molecular weight is 241 g/mol. The minimum atomic E-state index is -0.641. The van der Waals surface area contributed by atoms with E-state index in [4.69, 9.17) is 0 Å². The Morgan fingerprint density at radius 2 is 1.94 bits per heavy atom. The van der Waals surface area contributed by atoms with Crippen molar-refractivity contribution in [1.82, 2.24) is 4.90 Å². The summed E-state index contributed by atoms with van der Waals surface area (Å²) in [6.45, 7) is 8.42. The van der Waals surface area contributed by atoms with Gasteiger partial charge in [-0.3, -0.25) is 9.69 Å². The van der Waals surface area contributed by atoms with Crippen molar-refractivity contribution >= 4 is 5.97 Å². The van der Waals surface area contributed by atoms with Gasteiger partial charge in [0, 0.05) is 5.54 Å². The lowest BCUT2D eigenvalue weighted by molar-refractivity contribution is -0.143. The molecule has 1 aliphatic carbocycles. The number of rotatable bonds is 6. The summed E-state index contributed by atoms with van der Waals surface area (Å²) in [5.74, 6) is -0.0931. The van der Waals surface area contributed by atoms with Crippen LogP contribution in [0.5, 0.6) is 0 Å². The van der Waals surface area contributed by atoms with Crippen molar-refractivity contribution in [2.24, 2.45) is 5.92 Å². The van der Waals surface area contributed by atoms with Gasteiger partial charge in [-0.25, -0.2) is 0 Å². The topological polar surface area (TPSA) is 40.5 Å². The van der Waals surface area contributed by atoms with Gasteiger partial charge in [0.1, 0.15) is 0 Å². The van der Waals surface area contributed by atoms with E-state index in [1.165, 1.54) is 19.3 Å². The third kappa shape index (κ3) is 3.01. The van der Waals surface area contributed by atoms with Gasteiger partial charge in [-0.15, -0.1) is 0 Å². The number of carboxylic acids is 1. The van der Waals surface area contributed by atoms with Gasteiger partial charge in [0.2, 0.25) is 0 Å². The van der Waals surface area contributed by atoms with Crippen LogP contribution in [-0.2, 0) is 4.79 Å². The van der Waals surface area contributed by atoms with Crippen LogP contribution >= 0.6 is 0 Å². The van der Waals surface area contributed by atoms with E-state index in [1.54, 1.807) is 0 Å². The molecule has 0 bridgehead atoms. The Morgan fingerprint density at radius 1 is 1.29 bits per heavy atom. The first kappa shape index (κ1) is 14.5. The molecule has 0 amide bonds. The summed E-state index contributed by atoms with van der Waals surface area (Å²) >= 11 is 0. The summed E-state index contributed by atoms with van der Waals surface area (Å²) in [5.41, 5.74) is -0.0810. The molecule has 1 fully saturated rings. The predicted molar refractivity (Wildman–Crippen MR) is 70.2 cm³/mol. The summed E-state index contributed by atoms with van der Waals surface area (Å²) in [7, 11) is 0. The van der Waals surface area contributed by atoms with Crippen LogP contribution in [0.4, 0.5) is 0 Å². The molecule has 1 saturated carbocycles. The van der Waals surface area contributed by atoms with Crippen molar-refractivity contribution in [2.75, 3.05) is 13.1 Å². The summed E-state index contributed by atoms with van der Waals surface area (Å²) in [5, 5.41) is 9.26. The molecule has 0 radical (unpaired) electrons. The quantitative estimate of drug-likeness (QED) is 0.776. The van der Waals surface area contributed by atoms with Crippen LogP contribution in [0.1, 0.15) is 59.3 Å². The number of carboxylic acid groups (broad SMARTS) is 1. The molecule has 0 aromatic rings. The van der Waals surface area contributed by atoms with E-state index in [2.05, 4.69) is 25.7 Å². The minimum absolute atomic E-state index is 0.0810. The third-order valence-electron chi connectivity index (χ3n) is 4.52. The number of carbonyl (C=O) groups is 1. The first-order valence-corrected chi connectivity index (χ1v) is 7.07. The molecule has 17 heavy (non-hydrogen) atoms. The van der Waals surface area contributed by atoms with Crippen molar-refractivity contribution in [3.05, 3.63) is 0 Å². The Morgan fingerprint density at radius 3 is 2.41 bits per heavy atom. The van der Waals surface area contributed by atoms with Crippen LogP contribution < -0.4 is 0 Å². The average Bonchev–Trinajstić information content (AvgIpc) is 2.30. The maximum absolute atomic E-state index is 11.2. The van der Waals surface area contributed by atoms with E-state index in [1.807, 2.05) is 0 Å². The van der Waals surface area contributed by atoms with E-state index in [9.17, 15) is 9.90 Å². The van der Waals surface area contributed by atoms with Gasteiger partial charge in [-0.1, -0.05) is 40.0 Å².